The second-order valence-corrected chi connectivity index (χ2v) is 4.90. The van der Waals surface area contributed by atoms with Gasteiger partial charge in [0.1, 0.15) is 5.82 Å². The fourth-order valence-electron chi connectivity index (χ4n) is 1.68. The second kappa shape index (κ2) is 6.47. The Morgan fingerprint density at radius 2 is 1.90 bits per heavy atom. The van der Waals surface area contributed by atoms with E-state index in [4.69, 9.17) is 9.84 Å². The van der Waals surface area contributed by atoms with Crippen LogP contribution in [0.4, 0.5) is 4.39 Å². The monoisotopic (exact) mass is 283 g/mol. The third kappa shape index (κ3) is 3.77. The number of rotatable bonds is 6. The van der Waals surface area contributed by atoms with Crippen molar-refractivity contribution < 1.29 is 23.8 Å². The number of benzene rings is 1. The van der Waals surface area contributed by atoms with Crippen LogP contribution in [0.2, 0.25) is 0 Å². The van der Waals surface area contributed by atoms with E-state index in [0.717, 1.165) is 0 Å². The summed E-state index contributed by atoms with van der Waals surface area (Å²) in [5.74, 6) is -1.88. The summed E-state index contributed by atoms with van der Waals surface area (Å²) < 4.78 is 17.6. The number of carboxylic acid groups (broad SMARTS) is 1. The van der Waals surface area contributed by atoms with E-state index in [1.807, 2.05) is 0 Å². The van der Waals surface area contributed by atoms with Crippen molar-refractivity contribution in [2.24, 2.45) is 0 Å². The third-order valence-corrected chi connectivity index (χ3v) is 3.14. The fraction of sp³-hybridized carbons (Fsp3) is 0.429. The van der Waals surface area contributed by atoms with Crippen molar-refractivity contribution in [2.75, 3.05) is 13.7 Å². The molecule has 2 N–H and O–H groups in total. The zero-order chi connectivity index (χ0) is 15.3. The smallest absolute Gasteiger partial charge is 0.334 e. The second-order valence-electron chi connectivity index (χ2n) is 4.90. The van der Waals surface area contributed by atoms with E-state index in [1.54, 1.807) is 13.8 Å². The van der Waals surface area contributed by atoms with Gasteiger partial charge in [0.15, 0.2) is 6.10 Å². The summed E-state index contributed by atoms with van der Waals surface area (Å²) in [4.78, 5) is 22.9. The summed E-state index contributed by atoms with van der Waals surface area (Å²) in [5, 5.41) is 11.3. The molecule has 0 aliphatic rings. The molecule has 1 atom stereocenters. The van der Waals surface area contributed by atoms with E-state index < -0.39 is 17.5 Å². The summed E-state index contributed by atoms with van der Waals surface area (Å²) in [5.41, 5.74) is -0.259. The molecular formula is C14H18FNO4. The lowest BCUT2D eigenvalue weighted by molar-refractivity contribution is -0.148. The van der Waals surface area contributed by atoms with Gasteiger partial charge in [-0.2, -0.15) is 0 Å². The number of carboxylic acids is 1. The lowest BCUT2D eigenvalue weighted by Gasteiger charge is -2.25. The molecule has 1 unspecified atom stereocenters. The number of halogens is 1. The maximum atomic E-state index is 12.9. The van der Waals surface area contributed by atoms with E-state index in [1.165, 1.54) is 31.4 Å². The molecule has 1 aromatic rings. The van der Waals surface area contributed by atoms with Crippen LogP contribution in [0.25, 0.3) is 0 Å². The molecular weight excluding hydrogens is 265 g/mol. The Balaban J connectivity index is 2.74. The lowest BCUT2D eigenvalue weighted by Crippen LogP contribution is -2.45. The van der Waals surface area contributed by atoms with Crippen LogP contribution in [-0.2, 0) is 19.7 Å². The van der Waals surface area contributed by atoms with E-state index in [9.17, 15) is 14.0 Å². The normalized spacial score (nSPS) is 12.8. The molecule has 110 valence electrons. The summed E-state index contributed by atoms with van der Waals surface area (Å²) in [6.45, 7) is 3.23. The minimum absolute atomic E-state index is 0.130. The van der Waals surface area contributed by atoms with Gasteiger partial charge in [0.2, 0.25) is 5.91 Å². The van der Waals surface area contributed by atoms with Gasteiger partial charge >= 0.3 is 5.97 Å². The van der Waals surface area contributed by atoms with E-state index in [-0.39, 0.29) is 18.3 Å². The average molecular weight is 283 g/mol. The topological polar surface area (TPSA) is 75.6 Å². The molecule has 6 heteroatoms. The van der Waals surface area contributed by atoms with Gasteiger partial charge in [-0.15, -0.1) is 0 Å². The van der Waals surface area contributed by atoms with E-state index >= 15 is 0 Å². The first-order valence-corrected chi connectivity index (χ1v) is 6.09. The Labute approximate surface area is 116 Å². The summed E-state index contributed by atoms with van der Waals surface area (Å²) in [6, 6.07) is 5.61. The molecule has 0 saturated carbocycles. The number of hydrogen-bond acceptors (Lipinski definition) is 3. The Bertz CT molecular complexity index is 484. The largest absolute Gasteiger partial charge is 0.479 e. The number of ether oxygens (including phenoxy) is 1. The number of amides is 1. The van der Waals surface area contributed by atoms with Crippen LogP contribution in [0.15, 0.2) is 24.3 Å². The zero-order valence-corrected chi connectivity index (χ0v) is 11.6. The minimum atomic E-state index is -1.15. The molecule has 0 fully saturated rings. The van der Waals surface area contributed by atoms with Crippen molar-refractivity contribution in [3.05, 3.63) is 35.6 Å². The molecule has 1 amide bonds. The van der Waals surface area contributed by atoms with Crippen molar-refractivity contribution in [2.45, 2.75) is 25.4 Å². The quantitative estimate of drug-likeness (QED) is 0.825. The van der Waals surface area contributed by atoms with Gasteiger partial charge < -0.3 is 15.2 Å². The Kier molecular flexibility index (Phi) is 5.21. The first-order valence-electron chi connectivity index (χ1n) is 6.09. The Morgan fingerprint density at radius 3 is 2.35 bits per heavy atom. The number of aliphatic carboxylic acids is 1. The van der Waals surface area contributed by atoms with Gasteiger partial charge in [0.05, 0.1) is 12.0 Å². The van der Waals surface area contributed by atoms with Crippen molar-refractivity contribution in [1.82, 2.24) is 5.32 Å². The maximum Gasteiger partial charge on any atom is 0.334 e. The first kappa shape index (κ1) is 16.1. The molecule has 0 saturated heterocycles. The molecule has 1 rings (SSSR count). The average Bonchev–Trinajstić information content (AvgIpc) is 2.39. The van der Waals surface area contributed by atoms with Crippen LogP contribution in [0.3, 0.4) is 0 Å². The number of methoxy groups -OCH3 is 1. The predicted octanol–water partition coefficient (Wildman–Crippen LogP) is 1.32. The number of carbonyl (C=O) groups is 2. The highest BCUT2D eigenvalue weighted by molar-refractivity contribution is 5.87. The summed E-state index contributed by atoms with van der Waals surface area (Å²) in [7, 11) is 1.26. The van der Waals surface area contributed by atoms with Crippen molar-refractivity contribution in [3.63, 3.8) is 0 Å². The molecule has 0 radical (unpaired) electrons. The molecule has 0 spiro atoms. The van der Waals surface area contributed by atoms with Gasteiger partial charge in [0.25, 0.3) is 0 Å². The Hall–Kier alpha value is -1.95. The molecule has 20 heavy (non-hydrogen) atoms. The molecule has 0 bridgehead atoms. The van der Waals surface area contributed by atoms with Crippen molar-refractivity contribution in [1.29, 1.82) is 0 Å². The molecule has 0 aliphatic carbocycles. The zero-order valence-electron chi connectivity index (χ0n) is 11.6. The third-order valence-electron chi connectivity index (χ3n) is 3.14. The van der Waals surface area contributed by atoms with Gasteiger partial charge in [0, 0.05) is 7.11 Å². The highest BCUT2D eigenvalue weighted by Crippen LogP contribution is 2.23. The van der Waals surface area contributed by atoms with E-state index in [0.29, 0.717) is 5.56 Å². The molecule has 5 nitrogen and oxygen atoms in total. The SMILES string of the molecule is COC(CNC(=O)C(C)(C)c1ccc(F)cc1)C(=O)O. The van der Waals surface area contributed by atoms with Crippen LogP contribution >= 0.6 is 0 Å². The predicted molar refractivity (Wildman–Crippen MR) is 70.9 cm³/mol. The molecule has 0 heterocycles. The number of hydrogen-bond donors (Lipinski definition) is 2. The van der Waals surface area contributed by atoms with Crippen LogP contribution in [0, 0.1) is 5.82 Å². The minimum Gasteiger partial charge on any atom is -0.479 e. The maximum absolute atomic E-state index is 12.9. The fourth-order valence-corrected chi connectivity index (χ4v) is 1.68. The van der Waals surface area contributed by atoms with Gasteiger partial charge in [-0.25, -0.2) is 9.18 Å². The highest BCUT2D eigenvalue weighted by atomic mass is 19.1. The summed E-state index contributed by atoms with van der Waals surface area (Å²) >= 11 is 0. The molecule has 0 aliphatic heterocycles. The Morgan fingerprint density at radius 1 is 1.35 bits per heavy atom. The van der Waals surface area contributed by atoms with E-state index in [2.05, 4.69) is 5.32 Å². The van der Waals surface area contributed by atoms with Crippen LogP contribution in [0.1, 0.15) is 19.4 Å². The van der Waals surface area contributed by atoms with Crippen molar-refractivity contribution in [3.8, 4) is 0 Å². The van der Waals surface area contributed by atoms with Crippen LogP contribution in [0.5, 0.6) is 0 Å². The van der Waals surface area contributed by atoms with Crippen molar-refractivity contribution >= 4 is 11.9 Å². The van der Waals surface area contributed by atoms with Crippen LogP contribution < -0.4 is 5.32 Å². The molecule has 1 aromatic carbocycles. The van der Waals surface area contributed by atoms with Crippen LogP contribution in [-0.4, -0.2) is 36.7 Å². The van der Waals surface area contributed by atoms with Gasteiger partial charge in [-0.05, 0) is 31.5 Å². The standard InChI is InChI=1S/C14H18FNO4/c1-14(2,9-4-6-10(15)7-5-9)13(19)16-8-11(20-3)12(17)18/h4-7,11H,8H2,1-3H3,(H,16,19)(H,17,18). The van der Waals surface area contributed by atoms with Gasteiger partial charge in [-0.3, -0.25) is 4.79 Å². The first-order chi connectivity index (χ1) is 9.28. The number of carbonyl (C=O) groups excluding carboxylic acids is 1. The van der Waals surface area contributed by atoms with Gasteiger partial charge in [-0.1, -0.05) is 12.1 Å². The highest BCUT2D eigenvalue weighted by Gasteiger charge is 2.30. The lowest BCUT2D eigenvalue weighted by atomic mass is 9.83. The number of nitrogens with one attached hydrogen (secondary N) is 1. The summed E-state index contributed by atoms with van der Waals surface area (Å²) in [6.07, 6.45) is -1.09. The molecule has 0 aromatic heterocycles.